The van der Waals surface area contributed by atoms with Crippen LogP contribution in [0.15, 0.2) is 42.7 Å². The number of hydrogen-bond donors (Lipinski definition) is 1. The first kappa shape index (κ1) is 13.2. The third kappa shape index (κ3) is 3.37. The minimum Gasteiger partial charge on any atom is -0.352 e. The smallest absolute Gasteiger partial charge is 0.253 e. The van der Waals surface area contributed by atoms with Crippen molar-refractivity contribution in [2.75, 3.05) is 6.54 Å². The number of aromatic nitrogens is 2. The zero-order valence-electron chi connectivity index (χ0n) is 11.0. The average Bonchev–Trinajstić information content (AvgIpc) is 2.48. The molecule has 2 aromatic heterocycles. The van der Waals surface area contributed by atoms with Crippen LogP contribution in [0.5, 0.6) is 0 Å². The standard InChI is InChI=1S/C15H17N3O/c1-2-3-9-18-15(19)12-7-6-11-17-14(12)13-8-4-5-10-16-13/h4-8,10-11H,2-3,9H2,1H3,(H,18,19). The molecule has 0 aromatic carbocycles. The third-order valence-corrected chi connectivity index (χ3v) is 2.78. The number of carbonyl (C=O) groups excluding carboxylic acids is 1. The maximum Gasteiger partial charge on any atom is 0.253 e. The maximum absolute atomic E-state index is 12.1. The van der Waals surface area contributed by atoms with Gasteiger partial charge in [0.2, 0.25) is 0 Å². The van der Waals surface area contributed by atoms with Crippen molar-refractivity contribution >= 4 is 5.91 Å². The van der Waals surface area contributed by atoms with E-state index in [1.165, 1.54) is 0 Å². The fraction of sp³-hybridized carbons (Fsp3) is 0.267. The van der Waals surface area contributed by atoms with E-state index in [4.69, 9.17) is 0 Å². The van der Waals surface area contributed by atoms with Crippen molar-refractivity contribution in [3.05, 3.63) is 48.3 Å². The summed E-state index contributed by atoms with van der Waals surface area (Å²) < 4.78 is 0. The summed E-state index contributed by atoms with van der Waals surface area (Å²) in [6, 6.07) is 9.12. The van der Waals surface area contributed by atoms with Crippen molar-refractivity contribution < 1.29 is 4.79 Å². The highest BCUT2D eigenvalue weighted by molar-refractivity contribution is 5.99. The molecule has 2 rings (SSSR count). The number of amides is 1. The number of nitrogens with zero attached hydrogens (tertiary/aromatic N) is 2. The molecule has 4 heteroatoms. The van der Waals surface area contributed by atoms with E-state index in [1.807, 2.05) is 18.2 Å². The SMILES string of the molecule is CCCCNC(=O)c1cccnc1-c1ccccn1. The molecule has 0 atom stereocenters. The molecule has 0 aliphatic carbocycles. The van der Waals surface area contributed by atoms with E-state index in [-0.39, 0.29) is 5.91 Å². The fourth-order valence-electron chi connectivity index (χ4n) is 1.77. The molecule has 0 saturated carbocycles. The van der Waals surface area contributed by atoms with Gasteiger partial charge < -0.3 is 5.32 Å². The Morgan fingerprint density at radius 3 is 2.74 bits per heavy atom. The molecule has 0 aliphatic rings. The summed E-state index contributed by atoms with van der Waals surface area (Å²) in [5.74, 6) is -0.0952. The monoisotopic (exact) mass is 255 g/mol. The van der Waals surface area contributed by atoms with E-state index < -0.39 is 0 Å². The fourth-order valence-corrected chi connectivity index (χ4v) is 1.77. The van der Waals surface area contributed by atoms with Crippen LogP contribution in [0.3, 0.4) is 0 Å². The molecule has 1 N–H and O–H groups in total. The number of unbranched alkanes of at least 4 members (excludes halogenated alkanes) is 1. The molecule has 0 unspecified atom stereocenters. The Morgan fingerprint density at radius 2 is 2.00 bits per heavy atom. The van der Waals surface area contributed by atoms with Gasteiger partial charge in [-0.3, -0.25) is 14.8 Å². The predicted octanol–water partition coefficient (Wildman–Crippen LogP) is 2.67. The van der Waals surface area contributed by atoms with Gasteiger partial charge in [0.15, 0.2) is 0 Å². The van der Waals surface area contributed by atoms with Gasteiger partial charge in [-0.25, -0.2) is 0 Å². The lowest BCUT2D eigenvalue weighted by atomic mass is 10.1. The molecule has 4 nitrogen and oxygen atoms in total. The number of hydrogen-bond acceptors (Lipinski definition) is 3. The van der Waals surface area contributed by atoms with Crippen LogP contribution < -0.4 is 5.32 Å². The Bertz CT molecular complexity index is 540. The summed E-state index contributed by atoms with van der Waals surface area (Å²) in [6.45, 7) is 2.78. The molecule has 0 radical (unpaired) electrons. The zero-order valence-corrected chi connectivity index (χ0v) is 11.0. The van der Waals surface area contributed by atoms with Crippen LogP contribution >= 0.6 is 0 Å². The van der Waals surface area contributed by atoms with Crippen molar-refractivity contribution in [3.8, 4) is 11.4 Å². The Hall–Kier alpha value is -2.23. The van der Waals surface area contributed by atoms with Gasteiger partial charge in [0.25, 0.3) is 5.91 Å². The molecular formula is C15H17N3O. The maximum atomic E-state index is 12.1. The summed E-state index contributed by atoms with van der Waals surface area (Å²) >= 11 is 0. The summed E-state index contributed by atoms with van der Waals surface area (Å²) in [5, 5.41) is 2.90. The van der Waals surface area contributed by atoms with E-state index in [0.29, 0.717) is 23.5 Å². The highest BCUT2D eigenvalue weighted by atomic mass is 16.1. The normalized spacial score (nSPS) is 10.2. The summed E-state index contributed by atoms with van der Waals surface area (Å²) in [7, 11) is 0. The van der Waals surface area contributed by atoms with Crippen LogP contribution in [0.2, 0.25) is 0 Å². The second-order valence-corrected chi connectivity index (χ2v) is 4.22. The van der Waals surface area contributed by atoms with E-state index in [1.54, 1.807) is 24.5 Å². The number of rotatable bonds is 5. The molecule has 19 heavy (non-hydrogen) atoms. The first-order chi connectivity index (χ1) is 9.33. The van der Waals surface area contributed by atoms with E-state index >= 15 is 0 Å². The molecule has 98 valence electrons. The second kappa shape index (κ2) is 6.64. The van der Waals surface area contributed by atoms with Crippen molar-refractivity contribution in [2.24, 2.45) is 0 Å². The van der Waals surface area contributed by atoms with Gasteiger partial charge >= 0.3 is 0 Å². The van der Waals surface area contributed by atoms with Crippen molar-refractivity contribution in [1.29, 1.82) is 0 Å². The molecule has 0 aliphatic heterocycles. The highest BCUT2D eigenvalue weighted by Gasteiger charge is 2.13. The van der Waals surface area contributed by atoms with Crippen molar-refractivity contribution in [3.63, 3.8) is 0 Å². The first-order valence-electron chi connectivity index (χ1n) is 6.47. The van der Waals surface area contributed by atoms with Crippen LogP contribution in [-0.2, 0) is 0 Å². The Morgan fingerprint density at radius 1 is 1.16 bits per heavy atom. The van der Waals surface area contributed by atoms with Crippen LogP contribution in [0.4, 0.5) is 0 Å². The molecule has 2 aromatic rings. The summed E-state index contributed by atoms with van der Waals surface area (Å²) in [4.78, 5) is 20.7. The number of nitrogens with one attached hydrogen (secondary N) is 1. The predicted molar refractivity (Wildman–Crippen MR) is 74.7 cm³/mol. The van der Waals surface area contributed by atoms with Gasteiger partial charge in [-0.1, -0.05) is 19.4 Å². The molecule has 0 fully saturated rings. The van der Waals surface area contributed by atoms with Crippen LogP contribution in [0.1, 0.15) is 30.1 Å². The Kier molecular flexibility index (Phi) is 4.61. The van der Waals surface area contributed by atoms with Crippen molar-refractivity contribution in [1.82, 2.24) is 15.3 Å². The quantitative estimate of drug-likeness (QED) is 0.836. The number of pyridine rings is 2. The molecule has 2 heterocycles. The van der Waals surface area contributed by atoms with Gasteiger partial charge in [0, 0.05) is 18.9 Å². The van der Waals surface area contributed by atoms with Crippen LogP contribution in [0.25, 0.3) is 11.4 Å². The van der Waals surface area contributed by atoms with Crippen LogP contribution in [-0.4, -0.2) is 22.4 Å². The van der Waals surface area contributed by atoms with Gasteiger partial charge in [-0.2, -0.15) is 0 Å². The average molecular weight is 255 g/mol. The molecule has 1 amide bonds. The lowest BCUT2D eigenvalue weighted by Gasteiger charge is -2.08. The van der Waals surface area contributed by atoms with Gasteiger partial charge in [0.05, 0.1) is 11.3 Å². The molecular weight excluding hydrogens is 238 g/mol. The third-order valence-electron chi connectivity index (χ3n) is 2.78. The van der Waals surface area contributed by atoms with Gasteiger partial charge in [-0.05, 0) is 30.7 Å². The lowest BCUT2D eigenvalue weighted by Crippen LogP contribution is -2.25. The van der Waals surface area contributed by atoms with Crippen LogP contribution in [0, 0.1) is 0 Å². The zero-order chi connectivity index (χ0) is 13.5. The van der Waals surface area contributed by atoms with Crippen molar-refractivity contribution in [2.45, 2.75) is 19.8 Å². The van der Waals surface area contributed by atoms with Gasteiger partial charge in [0.1, 0.15) is 5.69 Å². The second-order valence-electron chi connectivity index (χ2n) is 4.22. The van der Waals surface area contributed by atoms with E-state index in [9.17, 15) is 4.79 Å². The first-order valence-corrected chi connectivity index (χ1v) is 6.47. The van der Waals surface area contributed by atoms with E-state index in [0.717, 1.165) is 12.8 Å². The minimum atomic E-state index is -0.0952. The Balaban J connectivity index is 2.24. The Labute approximate surface area is 112 Å². The highest BCUT2D eigenvalue weighted by Crippen LogP contribution is 2.18. The van der Waals surface area contributed by atoms with E-state index in [2.05, 4.69) is 22.2 Å². The molecule has 0 saturated heterocycles. The topological polar surface area (TPSA) is 54.9 Å². The molecule has 0 bridgehead atoms. The van der Waals surface area contributed by atoms with Gasteiger partial charge in [-0.15, -0.1) is 0 Å². The minimum absolute atomic E-state index is 0.0952. The summed E-state index contributed by atoms with van der Waals surface area (Å²) in [6.07, 6.45) is 5.40. The largest absolute Gasteiger partial charge is 0.352 e. The lowest BCUT2D eigenvalue weighted by molar-refractivity contribution is 0.0953. The molecule has 0 spiro atoms. The number of carbonyl (C=O) groups is 1. The summed E-state index contributed by atoms with van der Waals surface area (Å²) in [5.41, 5.74) is 1.90.